The number of cyclic esters (lactones) is 1. The maximum atomic E-state index is 12.5. The lowest BCUT2D eigenvalue weighted by Gasteiger charge is -2.19. The second-order valence-corrected chi connectivity index (χ2v) is 6.41. The Balaban J connectivity index is 1.73. The van der Waals surface area contributed by atoms with Gasteiger partial charge in [0.2, 0.25) is 5.91 Å². The molecule has 1 heterocycles. The largest absolute Gasteiger partial charge is 0.447 e. The molecule has 1 unspecified atom stereocenters. The highest BCUT2D eigenvalue weighted by Crippen LogP contribution is 2.20. The zero-order chi connectivity index (χ0) is 16.2. The lowest BCUT2D eigenvalue weighted by molar-refractivity contribution is -0.128. The fourth-order valence-corrected chi connectivity index (χ4v) is 3.16. The number of nitrogens with zero attached hydrogens (tertiary/aromatic N) is 1. The van der Waals surface area contributed by atoms with Crippen molar-refractivity contribution in [2.24, 2.45) is 0 Å². The van der Waals surface area contributed by atoms with Crippen molar-refractivity contribution in [3.63, 3.8) is 0 Å². The summed E-state index contributed by atoms with van der Waals surface area (Å²) >= 11 is 3.39. The topological polar surface area (TPSA) is 46.6 Å². The van der Waals surface area contributed by atoms with Gasteiger partial charge in [-0.3, -0.25) is 4.79 Å². The number of ether oxygens (including phenoxy) is 1. The Bertz CT molecular complexity index is 717. The first-order valence-corrected chi connectivity index (χ1v) is 8.20. The van der Waals surface area contributed by atoms with Crippen molar-refractivity contribution < 1.29 is 14.3 Å². The third-order valence-electron chi connectivity index (χ3n) is 3.79. The summed E-state index contributed by atoms with van der Waals surface area (Å²) in [5.74, 6) is -0.230. The number of hydrogen-bond donors (Lipinski definition) is 0. The fraction of sp³-hybridized carbons (Fsp3) is 0.222. The van der Waals surface area contributed by atoms with E-state index in [1.54, 1.807) is 0 Å². The van der Waals surface area contributed by atoms with Crippen LogP contribution in [-0.4, -0.2) is 29.5 Å². The zero-order valence-electron chi connectivity index (χ0n) is 12.4. The van der Waals surface area contributed by atoms with Crippen molar-refractivity contribution in [2.75, 3.05) is 6.61 Å². The van der Waals surface area contributed by atoms with Crippen molar-refractivity contribution in [3.8, 4) is 0 Å². The minimum atomic E-state index is -0.550. The minimum Gasteiger partial charge on any atom is -0.447 e. The molecule has 0 spiro atoms. The molecule has 23 heavy (non-hydrogen) atoms. The van der Waals surface area contributed by atoms with E-state index in [1.165, 1.54) is 4.90 Å². The molecule has 1 atom stereocenters. The van der Waals surface area contributed by atoms with E-state index in [1.807, 2.05) is 54.6 Å². The Hall–Kier alpha value is -2.14. The summed E-state index contributed by atoms with van der Waals surface area (Å²) in [5, 5.41) is 0. The van der Waals surface area contributed by atoms with Gasteiger partial charge >= 0.3 is 6.09 Å². The maximum absolute atomic E-state index is 12.5. The summed E-state index contributed by atoms with van der Waals surface area (Å²) in [4.78, 5) is 25.8. The molecule has 2 aromatic carbocycles. The van der Waals surface area contributed by atoms with Crippen molar-refractivity contribution >= 4 is 27.9 Å². The van der Waals surface area contributed by atoms with Gasteiger partial charge in [0.1, 0.15) is 6.61 Å². The molecule has 3 rings (SSSR count). The molecule has 2 aromatic rings. The average Bonchev–Trinajstić information content (AvgIpc) is 2.89. The van der Waals surface area contributed by atoms with Gasteiger partial charge in [0.05, 0.1) is 12.5 Å². The van der Waals surface area contributed by atoms with E-state index in [4.69, 9.17) is 4.74 Å². The Morgan fingerprint density at radius 3 is 2.61 bits per heavy atom. The summed E-state index contributed by atoms with van der Waals surface area (Å²) in [7, 11) is 0. The van der Waals surface area contributed by atoms with Gasteiger partial charge in [-0.05, 0) is 29.7 Å². The molecule has 0 aromatic heterocycles. The van der Waals surface area contributed by atoms with Crippen LogP contribution in [0, 0.1) is 0 Å². The van der Waals surface area contributed by atoms with Crippen LogP contribution in [0.15, 0.2) is 59.1 Å². The molecule has 1 aliphatic rings. The summed E-state index contributed by atoms with van der Waals surface area (Å²) < 4.78 is 6.00. The molecule has 1 saturated heterocycles. The molecule has 1 aliphatic heterocycles. The first-order valence-electron chi connectivity index (χ1n) is 7.40. The molecule has 0 saturated carbocycles. The van der Waals surface area contributed by atoms with Crippen LogP contribution in [0.4, 0.5) is 4.79 Å². The van der Waals surface area contributed by atoms with Crippen molar-refractivity contribution in [1.82, 2.24) is 4.90 Å². The molecule has 5 heteroatoms. The van der Waals surface area contributed by atoms with Gasteiger partial charge in [-0.15, -0.1) is 0 Å². The van der Waals surface area contributed by atoms with Crippen molar-refractivity contribution in [2.45, 2.75) is 18.9 Å². The number of amides is 2. The van der Waals surface area contributed by atoms with Gasteiger partial charge in [-0.25, -0.2) is 9.69 Å². The molecule has 0 aliphatic carbocycles. The van der Waals surface area contributed by atoms with Gasteiger partial charge in [-0.1, -0.05) is 58.4 Å². The third kappa shape index (κ3) is 3.79. The van der Waals surface area contributed by atoms with Gasteiger partial charge < -0.3 is 4.74 Å². The molecule has 0 N–H and O–H groups in total. The van der Waals surface area contributed by atoms with Crippen LogP contribution in [0.1, 0.15) is 11.1 Å². The molecule has 0 radical (unpaired) electrons. The molecule has 4 nitrogen and oxygen atoms in total. The standard InChI is InChI=1S/C18H16BrNO3/c19-15-8-4-7-14(9-15)11-17(21)20-16(12-23-18(20)22)10-13-5-2-1-3-6-13/h1-9,16H,10-12H2. The molecule has 1 fully saturated rings. The Morgan fingerprint density at radius 2 is 1.87 bits per heavy atom. The highest BCUT2D eigenvalue weighted by atomic mass is 79.9. The van der Waals surface area contributed by atoms with Gasteiger partial charge in [-0.2, -0.15) is 0 Å². The SMILES string of the molecule is O=C(Cc1cccc(Br)c1)N1C(=O)OCC1Cc1ccccc1. The number of rotatable bonds is 4. The molecule has 2 amide bonds. The molecular weight excluding hydrogens is 358 g/mol. The summed E-state index contributed by atoms with van der Waals surface area (Å²) in [6.07, 6.45) is 0.238. The van der Waals surface area contributed by atoms with Crippen LogP contribution in [0.3, 0.4) is 0 Å². The van der Waals surface area contributed by atoms with E-state index in [-0.39, 0.29) is 25.0 Å². The second kappa shape index (κ2) is 6.96. The quantitative estimate of drug-likeness (QED) is 0.822. The van der Waals surface area contributed by atoms with Gasteiger partial charge in [0.15, 0.2) is 0 Å². The number of carbonyl (C=O) groups excluding carboxylic acids is 2. The summed E-state index contributed by atoms with van der Waals surface area (Å²) in [6, 6.07) is 17.1. The Labute approximate surface area is 143 Å². The van der Waals surface area contributed by atoms with E-state index < -0.39 is 6.09 Å². The van der Waals surface area contributed by atoms with Crippen molar-refractivity contribution in [1.29, 1.82) is 0 Å². The van der Waals surface area contributed by atoms with E-state index in [9.17, 15) is 9.59 Å². The number of benzene rings is 2. The van der Waals surface area contributed by atoms with Crippen LogP contribution in [0.5, 0.6) is 0 Å². The number of carbonyl (C=O) groups is 2. The fourth-order valence-electron chi connectivity index (χ4n) is 2.71. The van der Waals surface area contributed by atoms with E-state index in [0.717, 1.165) is 15.6 Å². The zero-order valence-corrected chi connectivity index (χ0v) is 14.0. The first kappa shape index (κ1) is 15.7. The van der Waals surface area contributed by atoms with Crippen LogP contribution >= 0.6 is 15.9 Å². The van der Waals surface area contributed by atoms with Gasteiger partial charge in [0, 0.05) is 4.47 Å². The summed E-state index contributed by atoms with van der Waals surface area (Å²) in [5.41, 5.74) is 1.94. The highest BCUT2D eigenvalue weighted by Gasteiger charge is 2.37. The van der Waals surface area contributed by atoms with Crippen LogP contribution in [0.25, 0.3) is 0 Å². The molecule has 0 bridgehead atoms. The Morgan fingerprint density at radius 1 is 1.13 bits per heavy atom. The van der Waals surface area contributed by atoms with E-state index >= 15 is 0 Å². The number of imide groups is 1. The Kier molecular flexibility index (Phi) is 4.76. The average molecular weight is 374 g/mol. The highest BCUT2D eigenvalue weighted by molar-refractivity contribution is 9.10. The van der Waals surface area contributed by atoms with Crippen molar-refractivity contribution in [3.05, 3.63) is 70.2 Å². The van der Waals surface area contributed by atoms with Crippen LogP contribution < -0.4 is 0 Å². The predicted molar refractivity (Wildman–Crippen MR) is 90.0 cm³/mol. The molecular formula is C18H16BrNO3. The maximum Gasteiger partial charge on any atom is 0.416 e. The molecule has 118 valence electrons. The minimum absolute atomic E-state index is 0.180. The normalized spacial score (nSPS) is 17.2. The lowest BCUT2D eigenvalue weighted by atomic mass is 10.0. The van der Waals surface area contributed by atoms with Crippen LogP contribution in [-0.2, 0) is 22.4 Å². The summed E-state index contributed by atoms with van der Waals surface area (Å²) in [6.45, 7) is 0.248. The van der Waals surface area contributed by atoms with E-state index in [2.05, 4.69) is 15.9 Å². The van der Waals surface area contributed by atoms with E-state index in [0.29, 0.717) is 6.42 Å². The predicted octanol–water partition coefficient (Wildman–Crippen LogP) is 3.58. The van der Waals surface area contributed by atoms with Gasteiger partial charge in [0.25, 0.3) is 0 Å². The lowest BCUT2D eigenvalue weighted by Crippen LogP contribution is -2.41. The number of hydrogen-bond acceptors (Lipinski definition) is 3. The smallest absolute Gasteiger partial charge is 0.416 e. The number of halogens is 1. The van der Waals surface area contributed by atoms with Crippen LogP contribution in [0.2, 0.25) is 0 Å². The first-order chi connectivity index (χ1) is 11.1. The monoisotopic (exact) mass is 373 g/mol. The third-order valence-corrected chi connectivity index (χ3v) is 4.28. The second-order valence-electron chi connectivity index (χ2n) is 5.49.